The van der Waals surface area contributed by atoms with E-state index >= 15 is 0 Å². The number of H-pyrrole nitrogens is 1. The summed E-state index contributed by atoms with van der Waals surface area (Å²) < 4.78 is 22.3. The van der Waals surface area contributed by atoms with Gasteiger partial charge in [-0.05, 0) is 50.5 Å². The Bertz CT molecular complexity index is 1380. The number of fused-ring (bicyclic) bond motifs is 5. The van der Waals surface area contributed by atoms with Crippen molar-refractivity contribution in [2.45, 2.75) is 38.6 Å². The molecule has 0 amide bonds. The number of hydrogen-bond acceptors (Lipinski definition) is 6. The number of aromatic amines is 1. The van der Waals surface area contributed by atoms with Crippen LogP contribution in [0.3, 0.4) is 0 Å². The Balaban J connectivity index is 1.50. The fourth-order valence-electron chi connectivity index (χ4n) is 5.77. The van der Waals surface area contributed by atoms with E-state index in [-0.39, 0.29) is 29.8 Å². The molecule has 4 heterocycles. The fraction of sp³-hybridized carbons (Fsp3) is 0.435. The van der Waals surface area contributed by atoms with Gasteiger partial charge in [-0.2, -0.15) is 5.10 Å². The number of carbonyl (C=O) groups excluding carboxylic acids is 1. The molecule has 3 saturated carbocycles. The molecule has 8 nitrogen and oxygen atoms in total. The van der Waals surface area contributed by atoms with E-state index in [9.17, 15) is 9.18 Å². The molecule has 3 aliphatic rings. The predicted molar refractivity (Wildman–Crippen MR) is 120 cm³/mol. The van der Waals surface area contributed by atoms with Gasteiger partial charge in [0.1, 0.15) is 11.3 Å². The lowest BCUT2D eigenvalue weighted by Crippen LogP contribution is -2.45. The molecule has 3 aliphatic carbocycles. The first kappa shape index (κ1) is 20.5. The van der Waals surface area contributed by atoms with Crippen molar-refractivity contribution in [3.05, 3.63) is 35.5 Å². The normalized spacial score (nSPS) is 24.6. The minimum Gasteiger partial charge on any atom is -0.466 e. The van der Waals surface area contributed by atoms with Gasteiger partial charge in [0.2, 0.25) is 0 Å². The zero-order valence-electron chi connectivity index (χ0n) is 18.0. The van der Waals surface area contributed by atoms with Gasteiger partial charge in [-0.15, -0.1) is 0 Å². The van der Waals surface area contributed by atoms with Crippen LogP contribution in [0.25, 0.3) is 33.6 Å². The van der Waals surface area contributed by atoms with Gasteiger partial charge in [0, 0.05) is 18.6 Å². The maximum atomic E-state index is 15.0. The van der Waals surface area contributed by atoms with Crippen molar-refractivity contribution in [3.63, 3.8) is 0 Å². The molecule has 0 unspecified atom stereocenters. The average molecular weight is 469 g/mol. The van der Waals surface area contributed by atoms with Crippen LogP contribution in [0, 0.1) is 23.6 Å². The molecule has 0 saturated heterocycles. The molecule has 4 aromatic rings. The molecule has 2 bridgehead atoms. The van der Waals surface area contributed by atoms with E-state index in [1.165, 1.54) is 18.6 Å². The summed E-state index contributed by atoms with van der Waals surface area (Å²) in [4.78, 5) is 26.3. The van der Waals surface area contributed by atoms with Gasteiger partial charge >= 0.3 is 5.97 Å². The van der Waals surface area contributed by atoms with E-state index in [0.29, 0.717) is 45.2 Å². The molecule has 10 heteroatoms. The van der Waals surface area contributed by atoms with Crippen molar-refractivity contribution in [2.75, 3.05) is 6.61 Å². The highest BCUT2D eigenvalue weighted by atomic mass is 35.5. The van der Waals surface area contributed by atoms with E-state index in [0.717, 1.165) is 25.7 Å². The van der Waals surface area contributed by atoms with E-state index < -0.39 is 5.82 Å². The number of pyridine rings is 1. The molecule has 33 heavy (non-hydrogen) atoms. The number of carbonyl (C=O) groups is 1. The second-order valence-electron chi connectivity index (χ2n) is 8.88. The predicted octanol–water partition coefficient (Wildman–Crippen LogP) is 4.70. The summed E-state index contributed by atoms with van der Waals surface area (Å²) in [5.74, 6) is -0.0307. The molecule has 2 atom stereocenters. The average Bonchev–Trinajstić information content (AvgIpc) is 3.39. The van der Waals surface area contributed by atoms with Crippen LogP contribution in [0.4, 0.5) is 4.39 Å². The van der Waals surface area contributed by atoms with Crippen LogP contribution in [-0.4, -0.2) is 42.3 Å². The molecule has 0 aliphatic heterocycles. The van der Waals surface area contributed by atoms with Crippen LogP contribution in [0.2, 0.25) is 5.02 Å². The van der Waals surface area contributed by atoms with Crippen molar-refractivity contribution in [1.29, 1.82) is 0 Å². The lowest BCUT2D eigenvalue weighted by Gasteiger charge is -2.47. The summed E-state index contributed by atoms with van der Waals surface area (Å²) in [5.41, 5.74) is 1.51. The Morgan fingerprint density at radius 1 is 1.21 bits per heavy atom. The maximum Gasteiger partial charge on any atom is 0.311 e. The van der Waals surface area contributed by atoms with Crippen LogP contribution >= 0.6 is 11.6 Å². The largest absolute Gasteiger partial charge is 0.466 e. The van der Waals surface area contributed by atoms with Gasteiger partial charge in [0.25, 0.3) is 0 Å². The summed E-state index contributed by atoms with van der Waals surface area (Å²) in [6, 6.07) is 1.55. The zero-order chi connectivity index (χ0) is 22.7. The van der Waals surface area contributed by atoms with Crippen LogP contribution in [-0.2, 0) is 9.53 Å². The molecule has 170 valence electrons. The van der Waals surface area contributed by atoms with Gasteiger partial charge in [-0.25, -0.2) is 19.3 Å². The molecule has 1 N–H and O–H groups in total. The molecule has 0 aromatic carbocycles. The van der Waals surface area contributed by atoms with Gasteiger partial charge in [0.15, 0.2) is 17.3 Å². The van der Waals surface area contributed by atoms with Gasteiger partial charge < -0.3 is 9.30 Å². The molecule has 4 aromatic heterocycles. The van der Waals surface area contributed by atoms with E-state index in [2.05, 4.69) is 20.2 Å². The Labute approximate surface area is 193 Å². The second-order valence-corrected chi connectivity index (χ2v) is 9.32. The van der Waals surface area contributed by atoms with Crippen molar-refractivity contribution < 1.29 is 13.9 Å². The van der Waals surface area contributed by atoms with E-state index in [1.807, 2.05) is 11.5 Å². The van der Waals surface area contributed by atoms with Gasteiger partial charge in [0.05, 0.1) is 34.4 Å². The first-order valence-corrected chi connectivity index (χ1v) is 11.6. The number of ether oxygens (including phenoxy) is 1. The highest BCUT2D eigenvalue weighted by Gasteiger charge is 2.49. The Hall–Kier alpha value is -3.07. The standard InChI is InChI=1S/C23H22ClFN6O2/c1-2-33-23(32)17-11-3-5-12(6-4-11)19(17)31-10-16(25)15-9-27-21(28-22(15)31)18-14-7-13(24)8-26-20(14)30-29-18/h7-12,17,19H,2-6H2,1H3,(H,26,29,30)/t11?,12?,17-,19-/m0/s1. The number of nitrogens with one attached hydrogen (secondary N) is 1. The van der Waals surface area contributed by atoms with Crippen molar-refractivity contribution >= 4 is 39.6 Å². The monoisotopic (exact) mass is 468 g/mol. The summed E-state index contributed by atoms with van der Waals surface area (Å²) in [6.45, 7) is 2.14. The number of nitrogens with zero attached hydrogens (tertiary/aromatic N) is 5. The third-order valence-corrected chi connectivity index (χ3v) is 7.38. The van der Waals surface area contributed by atoms with Crippen molar-refractivity contribution in [1.82, 2.24) is 29.7 Å². The SMILES string of the molecule is CCOC(=O)[C@H]1C2CCC(CC2)[C@@H]1n1cc(F)c2cnc(-c3[nH]nc4ncc(Cl)cc34)nc21. The highest BCUT2D eigenvalue weighted by Crippen LogP contribution is 2.52. The van der Waals surface area contributed by atoms with Crippen molar-refractivity contribution in [2.24, 2.45) is 17.8 Å². The third-order valence-electron chi connectivity index (χ3n) is 7.18. The molecule has 0 radical (unpaired) electrons. The van der Waals surface area contributed by atoms with Crippen LogP contribution in [0.1, 0.15) is 38.6 Å². The number of rotatable bonds is 4. The number of aromatic nitrogens is 6. The number of hydrogen-bond donors (Lipinski definition) is 1. The number of esters is 1. The van der Waals surface area contributed by atoms with E-state index in [1.54, 1.807) is 6.07 Å². The molecular formula is C23H22ClFN6O2. The molecule has 3 fully saturated rings. The fourth-order valence-corrected chi connectivity index (χ4v) is 5.93. The molecular weight excluding hydrogens is 447 g/mol. The third kappa shape index (κ3) is 3.20. The lowest BCUT2D eigenvalue weighted by molar-refractivity contribution is -0.157. The minimum absolute atomic E-state index is 0.194. The van der Waals surface area contributed by atoms with Crippen LogP contribution in [0.5, 0.6) is 0 Å². The Kier molecular flexibility index (Phi) is 4.83. The van der Waals surface area contributed by atoms with Crippen LogP contribution < -0.4 is 0 Å². The minimum atomic E-state index is -0.403. The Morgan fingerprint density at radius 3 is 2.79 bits per heavy atom. The molecule has 7 rings (SSSR count). The van der Waals surface area contributed by atoms with E-state index in [4.69, 9.17) is 21.3 Å². The maximum absolute atomic E-state index is 15.0. The quantitative estimate of drug-likeness (QED) is 0.436. The Morgan fingerprint density at radius 2 is 2.00 bits per heavy atom. The molecule has 0 spiro atoms. The van der Waals surface area contributed by atoms with Crippen molar-refractivity contribution in [3.8, 4) is 11.5 Å². The number of halogens is 2. The summed E-state index contributed by atoms with van der Waals surface area (Å²) in [7, 11) is 0. The van der Waals surface area contributed by atoms with Crippen LogP contribution in [0.15, 0.2) is 24.7 Å². The first-order valence-electron chi connectivity index (χ1n) is 11.2. The highest BCUT2D eigenvalue weighted by molar-refractivity contribution is 6.31. The van der Waals surface area contributed by atoms with Gasteiger partial charge in [-0.3, -0.25) is 9.89 Å². The summed E-state index contributed by atoms with van der Waals surface area (Å²) >= 11 is 6.13. The summed E-state index contributed by atoms with van der Waals surface area (Å²) in [6.07, 6.45) is 8.49. The second kappa shape index (κ2) is 7.76. The smallest absolute Gasteiger partial charge is 0.311 e. The first-order chi connectivity index (χ1) is 16.0. The topological polar surface area (TPSA) is 98.6 Å². The zero-order valence-corrected chi connectivity index (χ0v) is 18.7. The summed E-state index contributed by atoms with van der Waals surface area (Å²) in [5, 5.41) is 8.60. The van der Waals surface area contributed by atoms with Gasteiger partial charge in [-0.1, -0.05) is 11.6 Å². The lowest BCUT2D eigenvalue weighted by atomic mass is 9.61.